The van der Waals surface area contributed by atoms with Crippen molar-refractivity contribution in [2.24, 2.45) is 5.73 Å². The summed E-state index contributed by atoms with van der Waals surface area (Å²) in [5, 5.41) is 0. The van der Waals surface area contributed by atoms with Crippen LogP contribution in [0.3, 0.4) is 0 Å². The first-order valence-corrected chi connectivity index (χ1v) is 6.65. The van der Waals surface area contributed by atoms with Crippen LogP contribution in [0.2, 0.25) is 0 Å². The Morgan fingerprint density at radius 2 is 1.76 bits per heavy atom. The number of halogens is 3. The van der Waals surface area contributed by atoms with Gasteiger partial charge in [-0.3, -0.25) is 0 Å². The molecule has 1 unspecified atom stereocenters. The van der Waals surface area contributed by atoms with Crippen LogP contribution in [0.25, 0.3) is 0 Å². The van der Waals surface area contributed by atoms with Crippen LogP contribution in [0.15, 0.2) is 36.4 Å². The van der Waals surface area contributed by atoms with Gasteiger partial charge in [-0.05, 0) is 24.1 Å². The van der Waals surface area contributed by atoms with Crippen molar-refractivity contribution in [2.45, 2.75) is 19.4 Å². The number of rotatable bonds is 5. The highest BCUT2D eigenvalue weighted by atomic mass is 19.1. The third-order valence-corrected chi connectivity index (χ3v) is 3.04. The van der Waals surface area contributed by atoms with Crippen LogP contribution in [0, 0.1) is 17.5 Å². The van der Waals surface area contributed by atoms with Crippen molar-refractivity contribution < 1.29 is 17.9 Å². The van der Waals surface area contributed by atoms with Gasteiger partial charge in [0, 0.05) is 17.7 Å². The first kappa shape index (κ1) is 15.4. The second-order valence-corrected chi connectivity index (χ2v) is 4.68. The fourth-order valence-electron chi connectivity index (χ4n) is 2.03. The molecule has 2 N–H and O–H groups in total. The van der Waals surface area contributed by atoms with Gasteiger partial charge in [0.05, 0.1) is 12.6 Å². The van der Waals surface area contributed by atoms with Crippen LogP contribution in [-0.4, -0.2) is 6.61 Å². The Morgan fingerprint density at radius 1 is 1.10 bits per heavy atom. The molecule has 0 amide bonds. The van der Waals surface area contributed by atoms with E-state index in [1.165, 1.54) is 0 Å². The molecule has 0 aliphatic rings. The van der Waals surface area contributed by atoms with Gasteiger partial charge < -0.3 is 10.5 Å². The fraction of sp³-hybridized carbons (Fsp3) is 0.250. The zero-order valence-electron chi connectivity index (χ0n) is 11.6. The lowest BCUT2D eigenvalue weighted by Crippen LogP contribution is -2.16. The molecular weight excluding hydrogens is 279 g/mol. The monoisotopic (exact) mass is 295 g/mol. The molecule has 0 radical (unpaired) electrons. The molecule has 5 heteroatoms. The van der Waals surface area contributed by atoms with Crippen molar-refractivity contribution in [3.8, 4) is 5.75 Å². The molecule has 0 aliphatic carbocycles. The molecule has 112 valence electrons. The maximum Gasteiger partial charge on any atom is 0.134 e. The van der Waals surface area contributed by atoms with Crippen molar-refractivity contribution in [3.05, 3.63) is 65.0 Å². The average Bonchev–Trinajstić information content (AvgIpc) is 2.44. The van der Waals surface area contributed by atoms with E-state index < -0.39 is 23.5 Å². The summed E-state index contributed by atoms with van der Waals surface area (Å²) in [6.07, 6.45) is 0.845. The Kier molecular flexibility index (Phi) is 4.85. The molecule has 0 saturated heterocycles. The highest BCUT2D eigenvalue weighted by Gasteiger charge is 2.20. The van der Waals surface area contributed by atoms with Gasteiger partial charge in [0.15, 0.2) is 0 Å². The molecule has 2 aromatic carbocycles. The first-order chi connectivity index (χ1) is 10.0. The molecule has 0 spiro atoms. The summed E-state index contributed by atoms with van der Waals surface area (Å²) in [5.41, 5.74) is 6.04. The summed E-state index contributed by atoms with van der Waals surface area (Å²) in [4.78, 5) is 0. The summed E-state index contributed by atoms with van der Waals surface area (Å²) in [5.74, 6) is -2.39. The van der Waals surface area contributed by atoms with Gasteiger partial charge in [-0.1, -0.05) is 19.1 Å². The maximum atomic E-state index is 13.8. The van der Waals surface area contributed by atoms with E-state index in [1.54, 1.807) is 24.3 Å². The van der Waals surface area contributed by atoms with Crippen molar-refractivity contribution in [1.82, 2.24) is 0 Å². The quantitative estimate of drug-likeness (QED) is 0.906. The molecule has 2 rings (SSSR count). The number of ether oxygens (including phenoxy) is 1. The topological polar surface area (TPSA) is 35.2 Å². The Balaban J connectivity index is 2.34. The molecule has 2 nitrogen and oxygen atoms in total. The van der Waals surface area contributed by atoms with Gasteiger partial charge in [0.2, 0.25) is 0 Å². The standard InChI is InChI=1S/C16H16F3NO/c1-2-6-21-12-5-3-4-10(7-12)16(20)15-13(18)8-11(17)9-14(15)19/h3-5,7-9,16H,2,6,20H2,1H3. The maximum absolute atomic E-state index is 13.8. The zero-order valence-corrected chi connectivity index (χ0v) is 11.6. The van der Waals surface area contributed by atoms with Crippen molar-refractivity contribution in [3.63, 3.8) is 0 Å². The Bertz CT molecular complexity index is 608. The molecular formula is C16H16F3NO. The van der Waals surface area contributed by atoms with Crippen molar-refractivity contribution >= 4 is 0 Å². The highest BCUT2D eigenvalue weighted by Crippen LogP contribution is 2.27. The first-order valence-electron chi connectivity index (χ1n) is 6.65. The molecule has 0 aliphatic heterocycles. The van der Waals surface area contributed by atoms with E-state index in [-0.39, 0.29) is 5.56 Å². The Hall–Kier alpha value is -2.01. The van der Waals surface area contributed by atoms with E-state index in [1.807, 2.05) is 6.92 Å². The minimum atomic E-state index is -1.03. The SMILES string of the molecule is CCCOc1cccc(C(N)c2c(F)cc(F)cc2F)c1. The van der Waals surface area contributed by atoms with E-state index in [0.717, 1.165) is 6.42 Å². The largest absolute Gasteiger partial charge is 0.494 e. The predicted molar refractivity (Wildman–Crippen MR) is 74.6 cm³/mol. The van der Waals surface area contributed by atoms with Crippen LogP contribution < -0.4 is 10.5 Å². The average molecular weight is 295 g/mol. The van der Waals surface area contributed by atoms with E-state index in [0.29, 0.717) is 30.1 Å². The van der Waals surface area contributed by atoms with Gasteiger partial charge in [0.25, 0.3) is 0 Å². The van der Waals surface area contributed by atoms with E-state index in [9.17, 15) is 13.2 Å². The molecule has 0 fully saturated rings. The number of nitrogens with two attached hydrogens (primary N) is 1. The predicted octanol–water partition coefficient (Wildman–Crippen LogP) is 3.94. The molecule has 21 heavy (non-hydrogen) atoms. The van der Waals surface area contributed by atoms with Crippen molar-refractivity contribution in [1.29, 1.82) is 0 Å². The summed E-state index contributed by atoms with van der Waals surface area (Å²) >= 11 is 0. The molecule has 0 aromatic heterocycles. The Labute approximate surface area is 121 Å². The molecule has 2 aromatic rings. The summed E-state index contributed by atoms with van der Waals surface area (Å²) < 4.78 is 45.9. The number of hydrogen-bond donors (Lipinski definition) is 1. The van der Waals surface area contributed by atoms with Crippen LogP contribution in [-0.2, 0) is 0 Å². The van der Waals surface area contributed by atoms with Gasteiger partial charge in [-0.25, -0.2) is 13.2 Å². The summed E-state index contributed by atoms with van der Waals surface area (Å²) in [6, 6.07) is 6.92. The smallest absolute Gasteiger partial charge is 0.134 e. The van der Waals surface area contributed by atoms with Gasteiger partial charge in [-0.15, -0.1) is 0 Å². The highest BCUT2D eigenvalue weighted by molar-refractivity contribution is 5.37. The van der Waals surface area contributed by atoms with Gasteiger partial charge in [-0.2, -0.15) is 0 Å². The third kappa shape index (κ3) is 3.55. The van der Waals surface area contributed by atoms with Crippen molar-refractivity contribution in [2.75, 3.05) is 6.61 Å². The second kappa shape index (κ2) is 6.63. The second-order valence-electron chi connectivity index (χ2n) is 4.68. The van der Waals surface area contributed by atoms with Gasteiger partial charge in [0.1, 0.15) is 23.2 Å². The number of benzene rings is 2. The third-order valence-electron chi connectivity index (χ3n) is 3.04. The zero-order chi connectivity index (χ0) is 15.4. The number of hydrogen-bond acceptors (Lipinski definition) is 2. The lowest BCUT2D eigenvalue weighted by atomic mass is 9.98. The molecule has 0 bridgehead atoms. The van der Waals surface area contributed by atoms with E-state index >= 15 is 0 Å². The normalized spacial score (nSPS) is 12.2. The minimum Gasteiger partial charge on any atom is -0.494 e. The van der Waals surface area contributed by atoms with Crippen LogP contribution in [0.4, 0.5) is 13.2 Å². The lowest BCUT2D eigenvalue weighted by molar-refractivity contribution is 0.317. The lowest BCUT2D eigenvalue weighted by Gasteiger charge is -2.16. The van der Waals surface area contributed by atoms with Crippen LogP contribution >= 0.6 is 0 Å². The summed E-state index contributed by atoms with van der Waals surface area (Å²) in [7, 11) is 0. The van der Waals surface area contributed by atoms with Crippen LogP contribution in [0.5, 0.6) is 5.75 Å². The van der Waals surface area contributed by atoms with E-state index in [4.69, 9.17) is 10.5 Å². The summed E-state index contributed by atoms with van der Waals surface area (Å²) in [6.45, 7) is 2.51. The van der Waals surface area contributed by atoms with Gasteiger partial charge >= 0.3 is 0 Å². The Morgan fingerprint density at radius 3 is 2.38 bits per heavy atom. The molecule has 0 saturated carbocycles. The molecule has 1 atom stereocenters. The van der Waals surface area contributed by atoms with E-state index in [2.05, 4.69) is 0 Å². The molecule has 0 heterocycles. The minimum absolute atomic E-state index is 0.357. The van der Waals surface area contributed by atoms with Crippen LogP contribution in [0.1, 0.15) is 30.5 Å². The fourth-order valence-corrected chi connectivity index (χ4v) is 2.03.